The van der Waals surface area contributed by atoms with Gasteiger partial charge in [0, 0.05) is 18.8 Å². The number of nitrogens with zero attached hydrogens (tertiary/aromatic N) is 2. The lowest BCUT2D eigenvalue weighted by Crippen LogP contribution is -2.42. The van der Waals surface area contributed by atoms with Crippen LogP contribution in [0.4, 0.5) is 0 Å². The van der Waals surface area contributed by atoms with Gasteiger partial charge in [-0.15, -0.1) is 0 Å². The molecule has 36 heavy (non-hydrogen) atoms. The van der Waals surface area contributed by atoms with Gasteiger partial charge in [-0.25, -0.2) is 9.79 Å². The van der Waals surface area contributed by atoms with E-state index in [0.29, 0.717) is 18.4 Å². The van der Waals surface area contributed by atoms with E-state index in [9.17, 15) is 19.5 Å². The fraction of sp³-hybridized carbons (Fsp3) is 0.320. The number of carbonyl (C=O) groups is 3. The highest BCUT2D eigenvalue weighted by atomic mass is 35.5. The molecule has 0 unspecified atom stereocenters. The van der Waals surface area contributed by atoms with Gasteiger partial charge < -0.3 is 16.2 Å². The Morgan fingerprint density at radius 3 is 2.36 bits per heavy atom. The van der Waals surface area contributed by atoms with Crippen LogP contribution in [0.2, 0.25) is 10.0 Å². The van der Waals surface area contributed by atoms with Gasteiger partial charge >= 0.3 is 5.97 Å². The number of aliphatic imine (C=N–C) groups is 1. The fourth-order valence-corrected chi connectivity index (χ4v) is 4.74. The van der Waals surface area contributed by atoms with Gasteiger partial charge in [0.15, 0.2) is 6.19 Å². The van der Waals surface area contributed by atoms with E-state index in [-0.39, 0.29) is 52.2 Å². The molecule has 1 fully saturated rings. The van der Waals surface area contributed by atoms with Crippen molar-refractivity contribution in [1.82, 2.24) is 10.6 Å². The van der Waals surface area contributed by atoms with Crippen molar-refractivity contribution in [1.29, 1.82) is 5.26 Å². The van der Waals surface area contributed by atoms with Crippen molar-refractivity contribution in [2.24, 2.45) is 16.6 Å². The highest BCUT2D eigenvalue weighted by Crippen LogP contribution is 2.29. The molecule has 9 nitrogen and oxygen atoms in total. The highest BCUT2D eigenvalue weighted by molar-refractivity contribution is 6.39. The van der Waals surface area contributed by atoms with Gasteiger partial charge in [-0.05, 0) is 42.5 Å². The lowest BCUT2D eigenvalue weighted by molar-refractivity contribution is -0.139. The number of nitrogens with two attached hydrogens (primary N) is 1. The van der Waals surface area contributed by atoms with Crippen LogP contribution < -0.4 is 16.4 Å². The van der Waals surface area contributed by atoms with Gasteiger partial charge in [-0.2, -0.15) is 5.26 Å². The third-order valence-corrected chi connectivity index (χ3v) is 6.63. The number of nitriles is 1. The number of Topliss-reactive ketones (excluding diaryl/α,β-unsaturated/α-hetero) is 1. The molecule has 188 valence electrons. The summed E-state index contributed by atoms with van der Waals surface area (Å²) >= 11 is 12.1. The Morgan fingerprint density at radius 2 is 1.75 bits per heavy atom. The number of hydrogen-bond acceptors (Lipinski definition) is 5. The molecule has 2 aromatic carbocycles. The molecule has 1 aliphatic rings. The summed E-state index contributed by atoms with van der Waals surface area (Å²) in [6, 6.07) is 10.3. The molecular formula is C25H25Cl2N5O4. The number of carbonyl (C=O) groups excluding carboxylic acids is 2. The normalized spacial score (nSPS) is 18.2. The van der Waals surface area contributed by atoms with Crippen LogP contribution in [0, 0.1) is 17.4 Å². The van der Waals surface area contributed by atoms with Gasteiger partial charge in [0.05, 0.1) is 21.7 Å². The molecule has 0 saturated heterocycles. The predicted molar refractivity (Wildman–Crippen MR) is 136 cm³/mol. The number of halogens is 2. The Balaban J connectivity index is 1.58. The van der Waals surface area contributed by atoms with E-state index in [1.54, 1.807) is 36.5 Å². The number of guanidine groups is 1. The van der Waals surface area contributed by atoms with Gasteiger partial charge in [0.25, 0.3) is 5.91 Å². The molecule has 5 N–H and O–H groups in total. The largest absolute Gasteiger partial charge is 0.480 e. The van der Waals surface area contributed by atoms with Crippen LogP contribution in [0.3, 0.4) is 0 Å². The first-order chi connectivity index (χ1) is 17.2. The van der Waals surface area contributed by atoms with E-state index in [2.05, 4.69) is 15.6 Å². The van der Waals surface area contributed by atoms with E-state index >= 15 is 0 Å². The van der Waals surface area contributed by atoms with Crippen LogP contribution in [0.15, 0.2) is 47.5 Å². The summed E-state index contributed by atoms with van der Waals surface area (Å²) in [6.07, 6.45) is 4.02. The number of amides is 1. The molecule has 11 heteroatoms. The van der Waals surface area contributed by atoms with E-state index in [0.717, 1.165) is 12.0 Å². The number of ketones is 1. The van der Waals surface area contributed by atoms with Crippen molar-refractivity contribution in [3.05, 3.63) is 69.2 Å². The van der Waals surface area contributed by atoms with Gasteiger partial charge in [0.1, 0.15) is 11.8 Å². The summed E-state index contributed by atoms with van der Waals surface area (Å²) in [5.74, 6) is -1.85. The van der Waals surface area contributed by atoms with Gasteiger partial charge in [-0.3, -0.25) is 14.9 Å². The Kier molecular flexibility index (Phi) is 9.28. The maximum Gasteiger partial charge on any atom is 0.326 e. The summed E-state index contributed by atoms with van der Waals surface area (Å²) in [6.45, 7) is 0. The Bertz CT molecular complexity index is 1190. The Hall–Kier alpha value is -3.61. The van der Waals surface area contributed by atoms with Crippen molar-refractivity contribution in [2.45, 2.75) is 44.2 Å². The van der Waals surface area contributed by atoms with Crippen LogP contribution >= 0.6 is 23.2 Å². The van der Waals surface area contributed by atoms with Crippen molar-refractivity contribution >= 4 is 46.8 Å². The molecular weight excluding hydrogens is 505 g/mol. The average molecular weight is 530 g/mol. The van der Waals surface area contributed by atoms with Crippen LogP contribution in [0.5, 0.6) is 0 Å². The number of carboxylic acids is 1. The molecule has 1 amide bonds. The van der Waals surface area contributed by atoms with Crippen LogP contribution in [-0.2, 0) is 22.4 Å². The molecule has 0 heterocycles. The molecule has 3 atom stereocenters. The first kappa shape index (κ1) is 27.0. The minimum Gasteiger partial charge on any atom is -0.480 e. The van der Waals surface area contributed by atoms with Crippen molar-refractivity contribution in [3.63, 3.8) is 0 Å². The maximum absolute atomic E-state index is 12.7. The molecule has 0 radical (unpaired) electrons. The maximum atomic E-state index is 12.7. The van der Waals surface area contributed by atoms with Crippen LogP contribution in [-0.4, -0.2) is 40.8 Å². The molecule has 1 aliphatic carbocycles. The zero-order valence-corrected chi connectivity index (χ0v) is 20.7. The molecule has 2 aromatic rings. The number of rotatable bonds is 9. The Labute approximate surface area is 218 Å². The number of hydrogen-bond donors (Lipinski definition) is 4. The molecule has 1 saturated carbocycles. The summed E-state index contributed by atoms with van der Waals surface area (Å²) in [7, 11) is 0. The fourth-order valence-electron chi connectivity index (χ4n) is 4.17. The monoisotopic (exact) mass is 529 g/mol. The smallest absolute Gasteiger partial charge is 0.326 e. The zero-order chi connectivity index (χ0) is 26.2. The van der Waals surface area contributed by atoms with Crippen molar-refractivity contribution in [2.75, 3.05) is 0 Å². The summed E-state index contributed by atoms with van der Waals surface area (Å²) in [5.41, 5.74) is 7.11. The zero-order valence-electron chi connectivity index (χ0n) is 19.2. The Morgan fingerprint density at radius 1 is 1.11 bits per heavy atom. The molecule has 3 rings (SSSR count). The van der Waals surface area contributed by atoms with E-state index in [1.165, 1.54) is 12.1 Å². The number of aliphatic carboxylic acids is 1. The first-order valence-electron chi connectivity index (χ1n) is 11.2. The lowest BCUT2D eigenvalue weighted by Gasteiger charge is -2.16. The lowest BCUT2D eigenvalue weighted by atomic mass is 9.95. The number of benzene rings is 2. The minimum absolute atomic E-state index is 0.0183. The predicted octanol–water partition coefficient (Wildman–Crippen LogP) is 3.08. The number of nitrogens with one attached hydrogen (secondary N) is 2. The average Bonchev–Trinajstić information content (AvgIpc) is 3.28. The molecule has 0 bridgehead atoms. The summed E-state index contributed by atoms with van der Waals surface area (Å²) < 4.78 is 0. The van der Waals surface area contributed by atoms with E-state index < -0.39 is 17.9 Å². The summed E-state index contributed by atoms with van der Waals surface area (Å²) in [5, 5.41) is 23.2. The minimum atomic E-state index is -1.20. The second-order valence-electron chi connectivity index (χ2n) is 8.54. The highest BCUT2D eigenvalue weighted by Gasteiger charge is 2.30. The van der Waals surface area contributed by atoms with Crippen LogP contribution in [0.25, 0.3) is 0 Å². The van der Waals surface area contributed by atoms with E-state index in [4.69, 9.17) is 34.2 Å². The summed E-state index contributed by atoms with van der Waals surface area (Å²) in [4.78, 5) is 41.3. The van der Waals surface area contributed by atoms with Gasteiger partial charge in [-0.1, -0.05) is 53.5 Å². The topological polar surface area (TPSA) is 158 Å². The third-order valence-electron chi connectivity index (χ3n) is 6.00. The second kappa shape index (κ2) is 12.4. The standard InChI is InChI=1S/C25H25Cl2N5O4/c26-18-2-1-3-19(27)22(18)23(34)32-20(24(35)36)10-14-4-6-15(7-5-14)11-21(33)16-8-9-17(12-16)31-25(29)30-13-28/h1-7,16-17,20H,8-12H2,(H,32,34)(H,35,36)(H3,29,30,31)/t16-,17+,20+/m1/s1. The molecule has 0 aliphatic heterocycles. The molecule has 0 spiro atoms. The molecule has 0 aromatic heterocycles. The quantitative estimate of drug-likeness (QED) is 0.168. The number of carboxylic acid groups (broad SMARTS) is 1. The van der Waals surface area contributed by atoms with Gasteiger partial charge in [0.2, 0.25) is 5.96 Å². The SMILES string of the molecule is N#CNC(N)=N[C@H]1CC[C@@H](C(=O)Cc2ccc(C[C@H](NC(=O)c3c(Cl)cccc3Cl)C(=O)O)cc2)C1. The van der Waals surface area contributed by atoms with Crippen molar-refractivity contribution in [3.8, 4) is 6.19 Å². The first-order valence-corrected chi connectivity index (χ1v) is 12.0. The van der Waals surface area contributed by atoms with E-state index in [1.807, 2.05) is 0 Å². The second-order valence-corrected chi connectivity index (χ2v) is 9.35. The van der Waals surface area contributed by atoms with Crippen LogP contribution in [0.1, 0.15) is 40.7 Å². The van der Waals surface area contributed by atoms with Crippen molar-refractivity contribution < 1.29 is 19.5 Å². The third kappa shape index (κ3) is 7.20.